The molecule has 1 aromatic heterocycles. The summed E-state index contributed by atoms with van der Waals surface area (Å²) in [5, 5.41) is 10.8. The number of hydrogen-bond acceptors (Lipinski definition) is 0. The van der Waals surface area contributed by atoms with Crippen molar-refractivity contribution in [3.63, 3.8) is 0 Å². The van der Waals surface area contributed by atoms with Gasteiger partial charge in [0.1, 0.15) is 0 Å². The summed E-state index contributed by atoms with van der Waals surface area (Å²) < 4.78 is 0. The van der Waals surface area contributed by atoms with Crippen LogP contribution in [0, 0.1) is 0 Å². The van der Waals surface area contributed by atoms with Crippen molar-refractivity contribution in [2.45, 2.75) is 0 Å². The summed E-state index contributed by atoms with van der Waals surface area (Å²) in [6.07, 6.45) is 0. The Morgan fingerprint density at radius 3 is 0.923 bits per heavy atom. The molecule has 0 saturated carbocycles. The minimum atomic E-state index is -0.721. The van der Waals surface area contributed by atoms with Crippen molar-refractivity contribution in [3.05, 3.63) is 158 Å². The molecule has 1 N–H and O–H groups in total. The standard InChI is InChI=1S/C36H27NP2/c1-5-15-27(16-6-1)38(28-17-7-2-8-18-28)33-25-13-23-31-32-24-14-26-34(36(32)37-35(31)33)39(29-19-9-3-10-20-29)30-21-11-4-12-22-30/h1-26,37H. The first-order valence-corrected chi connectivity index (χ1v) is 15.9. The van der Waals surface area contributed by atoms with Gasteiger partial charge in [0.15, 0.2) is 0 Å². The van der Waals surface area contributed by atoms with Crippen LogP contribution in [-0.4, -0.2) is 4.98 Å². The van der Waals surface area contributed by atoms with Crippen molar-refractivity contribution in [2.75, 3.05) is 0 Å². The van der Waals surface area contributed by atoms with E-state index >= 15 is 0 Å². The Morgan fingerprint density at radius 1 is 0.308 bits per heavy atom. The van der Waals surface area contributed by atoms with Crippen molar-refractivity contribution in [1.82, 2.24) is 4.98 Å². The summed E-state index contributed by atoms with van der Waals surface area (Å²) in [5.41, 5.74) is 2.49. The van der Waals surface area contributed by atoms with Crippen LogP contribution in [0.1, 0.15) is 0 Å². The Balaban J connectivity index is 1.49. The van der Waals surface area contributed by atoms with Crippen LogP contribution in [0.4, 0.5) is 0 Å². The molecule has 0 atom stereocenters. The zero-order chi connectivity index (χ0) is 26.0. The van der Waals surface area contributed by atoms with Gasteiger partial charge in [-0.1, -0.05) is 158 Å². The molecule has 3 heteroatoms. The quantitative estimate of drug-likeness (QED) is 0.225. The fourth-order valence-corrected chi connectivity index (χ4v) is 10.3. The highest BCUT2D eigenvalue weighted by Crippen LogP contribution is 2.40. The van der Waals surface area contributed by atoms with E-state index in [0.29, 0.717) is 0 Å². The first-order valence-electron chi connectivity index (χ1n) is 13.2. The molecule has 0 radical (unpaired) electrons. The predicted octanol–water partition coefficient (Wildman–Crippen LogP) is 6.84. The average Bonchev–Trinajstić information content (AvgIpc) is 3.40. The van der Waals surface area contributed by atoms with E-state index in [9.17, 15) is 0 Å². The van der Waals surface area contributed by atoms with Crippen molar-refractivity contribution in [2.24, 2.45) is 0 Å². The largest absolute Gasteiger partial charge is 0.353 e. The minimum absolute atomic E-state index is 0.721. The lowest BCUT2D eigenvalue weighted by molar-refractivity contribution is 1.57. The van der Waals surface area contributed by atoms with E-state index in [1.54, 1.807) is 0 Å². The topological polar surface area (TPSA) is 15.8 Å². The van der Waals surface area contributed by atoms with Gasteiger partial charge in [0, 0.05) is 21.4 Å². The van der Waals surface area contributed by atoms with Gasteiger partial charge in [-0.2, -0.15) is 0 Å². The second kappa shape index (κ2) is 10.6. The van der Waals surface area contributed by atoms with Crippen LogP contribution in [0.5, 0.6) is 0 Å². The Kier molecular flexibility index (Phi) is 6.55. The van der Waals surface area contributed by atoms with E-state index in [1.165, 1.54) is 53.6 Å². The summed E-state index contributed by atoms with van der Waals surface area (Å²) >= 11 is 0. The molecule has 0 unspecified atom stereocenters. The Labute approximate surface area is 231 Å². The zero-order valence-corrected chi connectivity index (χ0v) is 23.2. The third-order valence-corrected chi connectivity index (χ3v) is 12.1. The first-order chi connectivity index (χ1) is 19.4. The fraction of sp³-hybridized carbons (Fsp3) is 0. The SMILES string of the molecule is c1ccc(P(c2ccccc2)c2cccc3c2[nH]c2c(P(c4ccccc4)c4ccccc4)cccc23)cc1. The highest BCUT2D eigenvalue weighted by molar-refractivity contribution is 7.80. The van der Waals surface area contributed by atoms with Gasteiger partial charge >= 0.3 is 0 Å². The fourth-order valence-electron chi connectivity index (χ4n) is 5.45. The second-order valence-electron chi connectivity index (χ2n) is 9.54. The molecule has 1 nitrogen and oxygen atoms in total. The van der Waals surface area contributed by atoms with Gasteiger partial charge in [-0.05, 0) is 37.1 Å². The lowest BCUT2D eigenvalue weighted by Crippen LogP contribution is -2.22. The molecular weight excluding hydrogens is 508 g/mol. The van der Waals surface area contributed by atoms with Crippen LogP contribution < -0.4 is 31.8 Å². The second-order valence-corrected chi connectivity index (χ2v) is 13.9. The van der Waals surface area contributed by atoms with E-state index in [1.807, 2.05) is 0 Å². The Bertz CT molecular complexity index is 1630. The van der Waals surface area contributed by atoms with Gasteiger partial charge in [0.05, 0.1) is 11.0 Å². The lowest BCUT2D eigenvalue weighted by Gasteiger charge is -2.20. The molecule has 6 aromatic carbocycles. The molecular formula is C36H27NP2. The molecule has 7 rings (SSSR count). The maximum atomic E-state index is 3.99. The van der Waals surface area contributed by atoms with Crippen LogP contribution in [0.25, 0.3) is 21.8 Å². The average molecular weight is 536 g/mol. The molecule has 1 heterocycles. The number of para-hydroxylation sites is 2. The molecule has 0 aliphatic carbocycles. The number of H-pyrrole nitrogens is 1. The normalized spacial score (nSPS) is 11.5. The third-order valence-electron chi connectivity index (χ3n) is 7.16. The van der Waals surface area contributed by atoms with Gasteiger partial charge < -0.3 is 4.98 Å². The summed E-state index contributed by atoms with van der Waals surface area (Å²) in [4.78, 5) is 3.99. The van der Waals surface area contributed by atoms with Crippen LogP contribution >= 0.6 is 15.8 Å². The highest BCUT2D eigenvalue weighted by atomic mass is 31.1. The number of fused-ring (bicyclic) bond motifs is 3. The molecule has 0 fully saturated rings. The van der Waals surface area contributed by atoms with Crippen molar-refractivity contribution in [1.29, 1.82) is 0 Å². The number of aromatic amines is 1. The molecule has 186 valence electrons. The van der Waals surface area contributed by atoms with Crippen molar-refractivity contribution < 1.29 is 0 Å². The van der Waals surface area contributed by atoms with Gasteiger partial charge in [0.25, 0.3) is 0 Å². The van der Waals surface area contributed by atoms with Crippen molar-refractivity contribution in [3.8, 4) is 0 Å². The number of benzene rings is 6. The summed E-state index contributed by atoms with van der Waals surface area (Å²) in [5.74, 6) is 0. The zero-order valence-electron chi connectivity index (χ0n) is 21.4. The molecule has 0 saturated heterocycles. The maximum Gasteiger partial charge on any atom is 0.0549 e. The maximum absolute atomic E-state index is 3.99. The van der Waals surface area contributed by atoms with E-state index in [2.05, 4.69) is 163 Å². The number of aromatic nitrogens is 1. The molecule has 0 bridgehead atoms. The van der Waals surface area contributed by atoms with Crippen LogP contribution in [0.3, 0.4) is 0 Å². The number of hydrogen-bond donors (Lipinski definition) is 1. The van der Waals surface area contributed by atoms with E-state index < -0.39 is 15.8 Å². The van der Waals surface area contributed by atoms with Gasteiger partial charge in [0.2, 0.25) is 0 Å². The van der Waals surface area contributed by atoms with Crippen LogP contribution in [0.15, 0.2) is 158 Å². The predicted molar refractivity (Wildman–Crippen MR) is 173 cm³/mol. The molecule has 0 aliphatic heterocycles. The molecule has 7 aromatic rings. The molecule has 0 spiro atoms. The van der Waals surface area contributed by atoms with Crippen LogP contribution in [0.2, 0.25) is 0 Å². The Morgan fingerprint density at radius 2 is 0.615 bits per heavy atom. The first kappa shape index (κ1) is 24.1. The molecule has 0 aliphatic rings. The van der Waals surface area contributed by atoms with Crippen LogP contribution in [-0.2, 0) is 0 Å². The summed E-state index contributed by atoms with van der Waals surface area (Å²) in [7, 11) is -1.44. The smallest absolute Gasteiger partial charge is 0.0549 e. The number of nitrogens with one attached hydrogen (secondary N) is 1. The Hall–Kier alpha value is -4.02. The van der Waals surface area contributed by atoms with Gasteiger partial charge in [-0.3, -0.25) is 0 Å². The summed E-state index contributed by atoms with van der Waals surface area (Å²) in [6, 6.07) is 57.5. The highest BCUT2D eigenvalue weighted by Gasteiger charge is 2.23. The number of rotatable bonds is 6. The van der Waals surface area contributed by atoms with Gasteiger partial charge in [-0.15, -0.1) is 0 Å². The van der Waals surface area contributed by atoms with E-state index in [-0.39, 0.29) is 0 Å². The molecule has 0 amide bonds. The molecule has 39 heavy (non-hydrogen) atoms. The minimum Gasteiger partial charge on any atom is -0.353 e. The summed E-state index contributed by atoms with van der Waals surface area (Å²) in [6.45, 7) is 0. The van der Waals surface area contributed by atoms with E-state index in [4.69, 9.17) is 0 Å². The van der Waals surface area contributed by atoms with E-state index in [0.717, 1.165) is 0 Å². The lowest BCUT2D eigenvalue weighted by atomic mass is 10.1. The third kappa shape index (κ3) is 4.49. The monoisotopic (exact) mass is 535 g/mol. The van der Waals surface area contributed by atoms with Gasteiger partial charge in [-0.25, -0.2) is 0 Å². The van der Waals surface area contributed by atoms with Crippen molar-refractivity contribution >= 4 is 69.5 Å².